The van der Waals surface area contributed by atoms with Crippen molar-refractivity contribution in [2.24, 2.45) is 5.73 Å². The summed E-state index contributed by atoms with van der Waals surface area (Å²) in [5.41, 5.74) is 6.49. The number of hydrogen-bond acceptors (Lipinski definition) is 5. The molecule has 1 aromatic heterocycles. The molecule has 2 aromatic rings. The molecule has 3 N–H and O–H groups in total. The van der Waals surface area contributed by atoms with Crippen LogP contribution in [0.15, 0.2) is 35.4 Å². The molecule has 0 atom stereocenters. The Bertz CT molecular complexity index is 663. The number of aryl methyl sites for hydroxylation is 1. The quantitative estimate of drug-likeness (QED) is 0.845. The summed E-state index contributed by atoms with van der Waals surface area (Å²) in [4.78, 5) is 5.45. The monoisotopic (exact) mass is 311 g/mol. The minimum atomic E-state index is -3.50. The van der Waals surface area contributed by atoms with Gasteiger partial charge in [-0.05, 0) is 37.6 Å². The van der Waals surface area contributed by atoms with Crippen LogP contribution in [0, 0.1) is 6.92 Å². The van der Waals surface area contributed by atoms with Crippen LogP contribution in [0.2, 0.25) is 0 Å². The van der Waals surface area contributed by atoms with Crippen molar-refractivity contribution in [3.8, 4) is 0 Å². The zero-order valence-corrected chi connectivity index (χ0v) is 12.8. The highest BCUT2D eigenvalue weighted by Gasteiger charge is 2.14. The van der Waals surface area contributed by atoms with Gasteiger partial charge >= 0.3 is 0 Å². The molecule has 0 aliphatic rings. The van der Waals surface area contributed by atoms with Gasteiger partial charge in [-0.25, -0.2) is 18.1 Å². The minimum absolute atomic E-state index is 0.214. The zero-order chi connectivity index (χ0) is 14.6. The number of thiazole rings is 1. The van der Waals surface area contributed by atoms with Crippen LogP contribution >= 0.6 is 11.3 Å². The summed E-state index contributed by atoms with van der Waals surface area (Å²) in [7, 11) is -3.50. The molecule has 0 aliphatic carbocycles. The molecule has 0 radical (unpaired) electrons. The van der Waals surface area contributed by atoms with Crippen LogP contribution in [0.3, 0.4) is 0 Å². The van der Waals surface area contributed by atoms with Crippen LogP contribution < -0.4 is 10.5 Å². The molecule has 0 saturated carbocycles. The average molecular weight is 311 g/mol. The van der Waals surface area contributed by atoms with Gasteiger partial charge in [0.15, 0.2) is 0 Å². The highest BCUT2D eigenvalue weighted by molar-refractivity contribution is 7.89. The van der Waals surface area contributed by atoms with Gasteiger partial charge < -0.3 is 5.73 Å². The van der Waals surface area contributed by atoms with Crippen molar-refractivity contribution in [1.82, 2.24) is 9.71 Å². The number of nitrogens with two attached hydrogens (primary N) is 1. The number of benzene rings is 1. The molecule has 5 nitrogen and oxygen atoms in total. The summed E-state index contributed by atoms with van der Waals surface area (Å²) < 4.78 is 26.8. The smallest absolute Gasteiger partial charge is 0.240 e. The first-order chi connectivity index (χ1) is 9.51. The molecule has 1 heterocycles. The Morgan fingerprint density at radius 3 is 2.55 bits per heavy atom. The lowest BCUT2D eigenvalue weighted by Crippen LogP contribution is -2.23. The summed E-state index contributed by atoms with van der Waals surface area (Å²) in [5, 5.41) is 0.755. The molecule has 1 aromatic carbocycles. The van der Waals surface area contributed by atoms with E-state index in [-0.39, 0.29) is 11.4 Å². The number of aromatic nitrogens is 1. The van der Waals surface area contributed by atoms with Crippen molar-refractivity contribution in [2.75, 3.05) is 6.54 Å². The Balaban J connectivity index is 2.05. The summed E-state index contributed by atoms with van der Waals surface area (Å²) in [6.07, 6.45) is 2.47. The Kier molecular flexibility index (Phi) is 4.87. The predicted molar refractivity (Wildman–Crippen MR) is 80.1 cm³/mol. The molecule has 0 fully saturated rings. The van der Waals surface area contributed by atoms with Gasteiger partial charge in [0.1, 0.15) is 5.01 Å². The average Bonchev–Trinajstić information content (AvgIpc) is 2.84. The van der Waals surface area contributed by atoms with Crippen molar-refractivity contribution in [3.63, 3.8) is 0 Å². The first-order valence-corrected chi connectivity index (χ1v) is 8.51. The molecule has 108 valence electrons. The van der Waals surface area contributed by atoms with Gasteiger partial charge in [0, 0.05) is 11.1 Å². The summed E-state index contributed by atoms with van der Waals surface area (Å²) in [5.74, 6) is 0. The third kappa shape index (κ3) is 3.86. The maximum absolute atomic E-state index is 12.1. The third-order valence-corrected chi connectivity index (χ3v) is 5.08. The molecule has 0 unspecified atom stereocenters. The Labute approximate surface area is 122 Å². The second kappa shape index (κ2) is 6.45. The minimum Gasteiger partial charge on any atom is -0.330 e. The third-order valence-electron chi connectivity index (χ3n) is 2.75. The highest BCUT2D eigenvalue weighted by atomic mass is 32.2. The van der Waals surface area contributed by atoms with Crippen LogP contribution in [-0.4, -0.2) is 19.9 Å². The molecular formula is C13H17N3O2S2. The number of hydrogen-bond donors (Lipinski definition) is 2. The standard InChI is InChI=1S/C13H17N3O2S2/c1-10-8-15-13(19-10)9-16-20(17,18)12-4-2-11(3-5-12)6-7-14/h2-5,8,16H,6-7,9,14H2,1H3. The topological polar surface area (TPSA) is 85.1 Å². The van der Waals surface area contributed by atoms with E-state index in [0.717, 1.165) is 21.9 Å². The Hall–Kier alpha value is -1.28. The molecule has 2 rings (SSSR count). The fourth-order valence-corrected chi connectivity index (χ4v) is 3.53. The number of rotatable bonds is 6. The molecule has 0 bridgehead atoms. The van der Waals surface area contributed by atoms with E-state index in [9.17, 15) is 8.42 Å². The first kappa shape index (κ1) is 15.1. The fraction of sp³-hybridized carbons (Fsp3) is 0.308. The van der Waals surface area contributed by atoms with Gasteiger partial charge in [-0.1, -0.05) is 12.1 Å². The SMILES string of the molecule is Cc1cnc(CNS(=O)(=O)c2ccc(CCN)cc2)s1. The van der Waals surface area contributed by atoms with Crippen LogP contribution in [-0.2, 0) is 23.0 Å². The Morgan fingerprint density at radius 1 is 1.30 bits per heavy atom. The van der Waals surface area contributed by atoms with Crippen LogP contribution in [0.5, 0.6) is 0 Å². The van der Waals surface area contributed by atoms with E-state index < -0.39 is 10.0 Å². The molecule has 0 amide bonds. The highest BCUT2D eigenvalue weighted by Crippen LogP contribution is 2.14. The van der Waals surface area contributed by atoms with Crippen LogP contribution in [0.1, 0.15) is 15.4 Å². The van der Waals surface area contributed by atoms with Gasteiger partial charge in [0.05, 0.1) is 11.4 Å². The Morgan fingerprint density at radius 2 is 2.00 bits per heavy atom. The molecular weight excluding hydrogens is 294 g/mol. The maximum Gasteiger partial charge on any atom is 0.240 e. The van der Waals surface area contributed by atoms with Gasteiger partial charge in [0.25, 0.3) is 0 Å². The predicted octanol–water partition coefficient (Wildman–Crippen LogP) is 1.43. The number of nitrogens with one attached hydrogen (secondary N) is 1. The van der Waals surface area contributed by atoms with Gasteiger partial charge in [-0.3, -0.25) is 0 Å². The molecule has 7 heteroatoms. The second-order valence-electron chi connectivity index (χ2n) is 4.37. The largest absolute Gasteiger partial charge is 0.330 e. The van der Waals surface area contributed by atoms with Gasteiger partial charge in [-0.2, -0.15) is 0 Å². The van der Waals surface area contributed by atoms with Crippen molar-refractivity contribution >= 4 is 21.4 Å². The normalized spacial score (nSPS) is 11.7. The van der Waals surface area contributed by atoms with Gasteiger partial charge in [0.2, 0.25) is 10.0 Å². The first-order valence-electron chi connectivity index (χ1n) is 6.21. The molecule has 0 aliphatic heterocycles. The van der Waals surface area contributed by atoms with Crippen molar-refractivity contribution < 1.29 is 8.42 Å². The van der Waals surface area contributed by atoms with Crippen LogP contribution in [0.4, 0.5) is 0 Å². The lowest BCUT2D eigenvalue weighted by Gasteiger charge is -2.06. The van der Waals surface area contributed by atoms with E-state index in [1.54, 1.807) is 30.5 Å². The van der Waals surface area contributed by atoms with Crippen molar-refractivity contribution in [2.45, 2.75) is 24.8 Å². The lowest BCUT2D eigenvalue weighted by molar-refractivity contribution is 0.581. The van der Waals surface area contributed by atoms with E-state index in [1.165, 1.54) is 11.3 Å². The van der Waals surface area contributed by atoms with E-state index in [2.05, 4.69) is 9.71 Å². The zero-order valence-electron chi connectivity index (χ0n) is 11.2. The molecule has 0 spiro atoms. The van der Waals surface area contributed by atoms with E-state index in [0.29, 0.717) is 6.54 Å². The van der Waals surface area contributed by atoms with Gasteiger partial charge in [-0.15, -0.1) is 11.3 Å². The molecule has 20 heavy (non-hydrogen) atoms. The van der Waals surface area contributed by atoms with Crippen LogP contribution in [0.25, 0.3) is 0 Å². The molecule has 0 saturated heterocycles. The summed E-state index contributed by atoms with van der Waals surface area (Å²) in [6.45, 7) is 2.70. The fourth-order valence-electron chi connectivity index (χ4n) is 1.73. The van der Waals surface area contributed by atoms with Crippen molar-refractivity contribution in [3.05, 3.63) is 45.9 Å². The van der Waals surface area contributed by atoms with E-state index in [1.807, 2.05) is 6.92 Å². The summed E-state index contributed by atoms with van der Waals surface area (Å²) in [6, 6.07) is 6.77. The number of sulfonamides is 1. The number of nitrogens with zero attached hydrogens (tertiary/aromatic N) is 1. The van der Waals surface area contributed by atoms with E-state index in [4.69, 9.17) is 5.73 Å². The lowest BCUT2D eigenvalue weighted by atomic mass is 10.2. The second-order valence-corrected chi connectivity index (χ2v) is 7.46. The summed E-state index contributed by atoms with van der Waals surface area (Å²) >= 11 is 1.48. The maximum atomic E-state index is 12.1. The van der Waals surface area contributed by atoms with E-state index >= 15 is 0 Å². The van der Waals surface area contributed by atoms with Crippen molar-refractivity contribution in [1.29, 1.82) is 0 Å².